The summed E-state index contributed by atoms with van der Waals surface area (Å²) in [6.45, 7) is 10.6. The van der Waals surface area contributed by atoms with Crippen molar-refractivity contribution in [3.05, 3.63) is 35.9 Å². The molecular formula is C19H28N2O3. The quantitative estimate of drug-likeness (QED) is 0.781. The molecule has 0 saturated carbocycles. The summed E-state index contributed by atoms with van der Waals surface area (Å²) in [5.41, 5.74) is 0.522. The van der Waals surface area contributed by atoms with Gasteiger partial charge in [0.25, 0.3) is 0 Å². The Morgan fingerprint density at radius 3 is 2.46 bits per heavy atom. The van der Waals surface area contributed by atoms with Gasteiger partial charge in [-0.1, -0.05) is 18.2 Å². The van der Waals surface area contributed by atoms with Crippen LogP contribution in [0.2, 0.25) is 0 Å². The maximum atomic E-state index is 12.3. The first-order chi connectivity index (χ1) is 11.3. The molecule has 0 unspecified atom stereocenters. The van der Waals surface area contributed by atoms with E-state index < -0.39 is 0 Å². The number of ether oxygens (including phenoxy) is 1. The molecule has 1 rings (SSSR count). The largest absolute Gasteiger partial charge is 0.493 e. The molecule has 0 bridgehead atoms. The number of amides is 2. The van der Waals surface area contributed by atoms with Gasteiger partial charge in [0.1, 0.15) is 5.75 Å². The van der Waals surface area contributed by atoms with Gasteiger partial charge in [-0.15, -0.1) is 0 Å². The second-order valence-electron chi connectivity index (χ2n) is 6.45. The summed E-state index contributed by atoms with van der Waals surface area (Å²) in [5.74, 6) is 0.367. The van der Waals surface area contributed by atoms with Crippen molar-refractivity contribution in [3.8, 4) is 5.75 Å². The lowest BCUT2D eigenvalue weighted by atomic mass is 10.1. The number of likely N-dealkylation sites (N-methyl/N-ethyl adjacent to an activating group) is 1. The zero-order valence-electron chi connectivity index (χ0n) is 15.3. The Hall–Kier alpha value is -2.30. The molecule has 0 spiro atoms. The van der Waals surface area contributed by atoms with Gasteiger partial charge in [-0.25, -0.2) is 0 Å². The van der Waals surface area contributed by atoms with E-state index in [1.807, 2.05) is 58.9 Å². The van der Waals surface area contributed by atoms with Crippen LogP contribution < -0.4 is 10.1 Å². The Morgan fingerprint density at radius 1 is 1.21 bits per heavy atom. The van der Waals surface area contributed by atoms with Crippen molar-refractivity contribution in [2.24, 2.45) is 0 Å². The lowest BCUT2D eigenvalue weighted by molar-refractivity contribution is -0.132. The van der Waals surface area contributed by atoms with Gasteiger partial charge in [0.2, 0.25) is 11.8 Å². The van der Waals surface area contributed by atoms with Crippen LogP contribution in [0.25, 0.3) is 6.08 Å². The van der Waals surface area contributed by atoms with Gasteiger partial charge in [-0.2, -0.15) is 0 Å². The van der Waals surface area contributed by atoms with Crippen LogP contribution in [0.5, 0.6) is 5.75 Å². The number of hydrogen-bond acceptors (Lipinski definition) is 3. The number of nitrogens with zero attached hydrogens (tertiary/aromatic N) is 1. The molecule has 0 radical (unpaired) electrons. The van der Waals surface area contributed by atoms with Crippen molar-refractivity contribution in [3.63, 3.8) is 0 Å². The first-order valence-corrected chi connectivity index (χ1v) is 8.26. The average molecular weight is 332 g/mol. The van der Waals surface area contributed by atoms with Crippen molar-refractivity contribution in [2.75, 3.05) is 19.7 Å². The van der Waals surface area contributed by atoms with E-state index in [-0.39, 0.29) is 23.9 Å². The van der Waals surface area contributed by atoms with Gasteiger partial charge < -0.3 is 15.0 Å². The second-order valence-corrected chi connectivity index (χ2v) is 6.45. The maximum absolute atomic E-state index is 12.3. The smallest absolute Gasteiger partial charge is 0.247 e. The molecule has 2 amide bonds. The summed E-state index contributed by atoms with van der Waals surface area (Å²) < 4.78 is 5.54. The number of para-hydroxylation sites is 1. The SMILES string of the molecule is CCOc1ccccc1C=CC(=O)N(CC)CC(=O)NC(C)(C)C. The van der Waals surface area contributed by atoms with Gasteiger partial charge in [0, 0.05) is 23.7 Å². The van der Waals surface area contributed by atoms with E-state index in [4.69, 9.17) is 4.74 Å². The molecule has 24 heavy (non-hydrogen) atoms. The van der Waals surface area contributed by atoms with Crippen LogP contribution in [0.4, 0.5) is 0 Å². The third kappa shape index (κ3) is 6.86. The van der Waals surface area contributed by atoms with Crippen molar-refractivity contribution < 1.29 is 14.3 Å². The van der Waals surface area contributed by atoms with E-state index in [1.165, 1.54) is 11.0 Å². The highest BCUT2D eigenvalue weighted by Gasteiger charge is 2.18. The lowest BCUT2D eigenvalue weighted by Gasteiger charge is -2.24. The van der Waals surface area contributed by atoms with Crippen molar-refractivity contribution in [1.82, 2.24) is 10.2 Å². The summed E-state index contributed by atoms with van der Waals surface area (Å²) >= 11 is 0. The fourth-order valence-corrected chi connectivity index (χ4v) is 2.15. The molecule has 5 nitrogen and oxygen atoms in total. The minimum Gasteiger partial charge on any atom is -0.493 e. The molecule has 132 valence electrons. The van der Waals surface area contributed by atoms with Crippen molar-refractivity contribution >= 4 is 17.9 Å². The van der Waals surface area contributed by atoms with Gasteiger partial charge in [-0.3, -0.25) is 9.59 Å². The number of carbonyl (C=O) groups excluding carboxylic acids is 2. The van der Waals surface area contributed by atoms with Crippen LogP contribution in [0, 0.1) is 0 Å². The van der Waals surface area contributed by atoms with E-state index in [2.05, 4.69) is 5.32 Å². The van der Waals surface area contributed by atoms with Crippen molar-refractivity contribution in [2.45, 2.75) is 40.2 Å². The van der Waals surface area contributed by atoms with E-state index in [0.29, 0.717) is 13.2 Å². The van der Waals surface area contributed by atoms with Crippen LogP contribution in [0.3, 0.4) is 0 Å². The zero-order chi connectivity index (χ0) is 18.2. The van der Waals surface area contributed by atoms with Crippen LogP contribution in [0.1, 0.15) is 40.2 Å². The first kappa shape index (κ1) is 19.7. The number of benzene rings is 1. The summed E-state index contributed by atoms with van der Waals surface area (Å²) in [4.78, 5) is 25.8. The highest BCUT2D eigenvalue weighted by Crippen LogP contribution is 2.19. The molecule has 0 fully saturated rings. The first-order valence-electron chi connectivity index (χ1n) is 8.26. The normalized spacial score (nSPS) is 11.4. The molecule has 0 aliphatic heterocycles. The van der Waals surface area contributed by atoms with E-state index >= 15 is 0 Å². The molecule has 0 atom stereocenters. The number of hydrogen-bond donors (Lipinski definition) is 1. The summed E-state index contributed by atoms with van der Waals surface area (Å²) in [7, 11) is 0. The average Bonchev–Trinajstić information content (AvgIpc) is 2.50. The predicted molar refractivity (Wildman–Crippen MR) is 96.8 cm³/mol. The third-order valence-electron chi connectivity index (χ3n) is 3.17. The molecule has 1 aromatic rings. The lowest BCUT2D eigenvalue weighted by Crippen LogP contribution is -2.47. The monoisotopic (exact) mass is 332 g/mol. The van der Waals surface area contributed by atoms with Crippen molar-refractivity contribution in [1.29, 1.82) is 0 Å². The van der Waals surface area contributed by atoms with Gasteiger partial charge in [0.05, 0.1) is 13.2 Å². The van der Waals surface area contributed by atoms with E-state index in [0.717, 1.165) is 11.3 Å². The molecule has 0 saturated heterocycles. The summed E-state index contributed by atoms with van der Waals surface area (Å²) in [6.07, 6.45) is 3.20. The van der Waals surface area contributed by atoms with E-state index in [1.54, 1.807) is 6.08 Å². The molecule has 0 aromatic heterocycles. The second kappa shape index (κ2) is 9.11. The molecule has 0 aliphatic rings. The Labute approximate surface area is 144 Å². The van der Waals surface area contributed by atoms with Gasteiger partial charge >= 0.3 is 0 Å². The Balaban J connectivity index is 2.75. The minimum absolute atomic E-state index is 0.0457. The van der Waals surface area contributed by atoms with Crippen LogP contribution >= 0.6 is 0 Å². The molecule has 0 aliphatic carbocycles. The molecule has 0 heterocycles. The van der Waals surface area contributed by atoms with Crippen LogP contribution in [-0.2, 0) is 9.59 Å². The number of nitrogens with one attached hydrogen (secondary N) is 1. The van der Waals surface area contributed by atoms with Gasteiger partial charge in [0.15, 0.2) is 0 Å². The maximum Gasteiger partial charge on any atom is 0.247 e. The number of carbonyl (C=O) groups is 2. The molecule has 1 N–H and O–H groups in total. The molecule has 5 heteroatoms. The summed E-state index contributed by atoms with van der Waals surface area (Å²) in [6, 6.07) is 7.53. The molecular weight excluding hydrogens is 304 g/mol. The third-order valence-corrected chi connectivity index (χ3v) is 3.17. The topological polar surface area (TPSA) is 58.6 Å². The molecule has 1 aromatic carbocycles. The Morgan fingerprint density at radius 2 is 1.88 bits per heavy atom. The van der Waals surface area contributed by atoms with E-state index in [9.17, 15) is 9.59 Å². The fraction of sp³-hybridized carbons (Fsp3) is 0.474. The predicted octanol–water partition coefficient (Wildman–Crippen LogP) is 2.86. The standard InChI is InChI=1S/C19H28N2O3/c1-6-21(14-17(22)20-19(3,4)5)18(23)13-12-15-10-8-9-11-16(15)24-7-2/h8-13H,6-7,14H2,1-5H3,(H,20,22). The highest BCUT2D eigenvalue weighted by molar-refractivity contribution is 5.94. The Kier molecular flexibility index (Phi) is 7.49. The fourth-order valence-electron chi connectivity index (χ4n) is 2.15. The highest BCUT2D eigenvalue weighted by atomic mass is 16.5. The zero-order valence-corrected chi connectivity index (χ0v) is 15.3. The minimum atomic E-state index is -0.314. The van der Waals surface area contributed by atoms with Crippen LogP contribution in [0.15, 0.2) is 30.3 Å². The summed E-state index contributed by atoms with van der Waals surface area (Å²) in [5, 5.41) is 2.86. The Bertz CT molecular complexity index is 589. The number of rotatable bonds is 7. The van der Waals surface area contributed by atoms with Crippen LogP contribution in [-0.4, -0.2) is 41.9 Å². The van der Waals surface area contributed by atoms with Gasteiger partial charge in [-0.05, 0) is 46.8 Å².